The number of likely N-dealkylation sites (tertiary alicyclic amines) is 1. The van der Waals surface area contributed by atoms with Crippen LogP contribution in [0.15, 0.2) is 42.6 Å². The van der Waals surface area contributed by atoms with Crippen LogP contribution in [0, 0.1) is 5.41 Å². The Bertz CT molecular complexity index is 936. The van der Waals surface area contributed by atoms with Crippen molar-refractivity contribution in [1.29, 1.82) is 0 Å². The molecule has 0 radical (unpaired) electrons. The Morgan fingerprint density at radius 2 is 1.91 bits per heavy atom. The van der Waals surface area contributed by atoms with Gasteiger partial charge in [-0.25, -0.2) is 4.39 Å². The minimum atomic E-state index is -3.27. The van der Waals surface area contributed by atoms with Crippen LogP contribution in [0.25, 0.3) is 11.1 Å². The number of aromatic nitrogens is 1. The van der Waals surface area contributed by atoms with Crippen molar-refractivity contribution in [2.75, 3.05) is 32.9 Å². The maximum absolute atomic E-state index is 13.2. The number of halogens is 3. The van der Waals surface area contributed by atoms with E-state index in [4.69, 9.17) is 0 Å². The SMILES string of the molecule is O=C(N[C@H](CF)[C@H](O)c1ccc(-c2ccc(CN3CCCC4(CNC4)C3)nc2)cc1)C(F)F. The Morgan fingerprint density at radius 3 is 2.48 bits per heavy atom. The monoisotopic (exact) mass is 462 g/mol. The normalized spacial score (nSPS) is 19.8. The number of alkyl halides is 3. The summed E-state index contributed by atoms with van der Waals surface area (Å²) in [6.45, 7) is 4.05. The Labute approximate surface area is 191 Å². The number of amides is 1. The Morgan fingerprint density at radius 1 is 1.18 bits per heavy atom. The standard InChI is InChI=1S/C24H29F3N4O2/c25-10-20(30-23(33)22(26)27)21(32)17-4-2-16(3-5-17)18-6-7-19(29-11-18)12-31-9-1-8-24(15-31)13-28-14-24/h2-7,11,20-22,28,32H,1,8-10,12-15H2,(H,30,33)/t20-,21-/m1/s1. The third-order valence-corrected chi connectivity index (χ3v) is 6.61. The summed E-state index contributed by atoms with van der Waals surface area (Å²) in [7, 11) is 0. The van der Waals surface area contributed by atoms with Gasteiger partial charge in [0, 0.05) is 43.4 Å². The van der Waals surface area contributed by atoms with Crippen LogP contribution in [0.5, 0.6) is 0 Å². The largest absolute Gasteiger partial charge is 0.386 e. The Kier molecular flexibility index (Phi) is 7.31. The molecule has 0 saturated carbocycles. The molecule has 1 spiro atoms. The Balaban J connectivity index is 1.37. The van der Waals surface area contributed by atoms with E-state index in [0.717, 1.165) is 49.5 Å². The van der Waals surface area contributed by atoms with Crippen molar-refractivity contribution in [2.45, 2.75) is 38.0 Å². The fourth-order valence-electron chi connectivity index (χ4n) is 4.68. The number of hydrogen-bond donors (Lipinski definition) is 3. The summed E-state index contributed by atoms with van der Waals surface area (Å²) >= 11 is 0. The molecule has 0 aliphatic carbocycles. The number of pyridine rings is 1. The highest BCUT2D eigenvalue weighted by Gasteiger charge is 2.40. The molecule has 1 aromatic heterocycles. The molecule has 33 heavy (non-hydrogen) atoms. The van der Waals surface area contributed by atoms with Crippen molar-refractivity contribution in [3.63, 3.8) is 0 Å². The summed E-state index contributed by atoms with van der Waals surface area (Å²) in [5.41, 5.74) is 3.52. The maximum atomic E-state index is 13.2. The van der Waals surface area contributed by atoms with E-state index in [0.29, 0.717) is 11.0 Å². The number of nitrogens with zero attached hydrogens (tertiary/aromatic N) is 2. The summed E-state index contributed by atoms with van der Waals surface area (Å²) in [5.74, 6) is -1.61. The van der Waals surface area contributed by atoms with Gasteiger partial charge in [-0.15, -0.1) is 0 Å². The summed E-state index contributed by atoms with van der Waals surface area (Å²) in [5, 5.41) is 15.5. The van der Waals surface area contributed by atoms with Gasteiger partial charge in [0.05, 0.1) is 11.7 Å². The van der Waals surface area contributed by atoms with Crippen LogP contribution in [-0.4, -0.2) is 66.2 Å². The highest BCUT2D eigenvalue weighted by atomic mass is 19.3. The second-order valence-electron chi connectivity index (χ2n) is 9.09. The van der Waals surface area contributed by atoms with Crippen LogP contribution in [0.2, 0.25) is 0 Å². The topological polar surface area (TPSA) is 77.5 Å². The van der Waals surface area contributed by atoms with Crippen LogP contribution in [-0.2, 0) is 11.3 Å². The molecular formula is C24H29F3N4O2. The van der Waals surface area contributed by atoms with Gasteiger partial charge in [-0.1, -0.05) is 30.3 Å². The second-order valence-corrected chi connectivity index (χ2v) is 9.09. The van der Waals surface area contributed by atoms with Gasteiger partial charge >= 0.3 is 6.43 Å². The highest BCUT2D eigenvalue weighted by molar-refractivity contribution is 5.79. The molecule has 2 aromatic rings. The van der Waals surface area contributed by atoms with E-state index in [1.54, 1.807) is 30.5 Å². The molecule has 0 bridgehead atoms. The van der Waals surface area contributed by atoms with Gasteiger partial charge in [0.2, 0.25) is 0 Å². The quantitative estimate of drug-likeness (QED) is 0.563. The highest BCUT2D eigenvalue weighted by Crippen LogP contribution is 2.34. The van der Waals surface area contributed by atoms with Gasteiger partial charge in [-0.2, -0.15) is 8.78 Å². The number of carbonyl (C=O) groups excluding carboxylic acids is 1. The fourth-order valence-corrected chi connectivity index (χ4v) is 4.68. The minimum absolute atomic E-state index is 0.324. The number of hydrogen-bond acceptors (Lipinski definition) is 5. The lowest BCUT2D eigenvalue weighted by atomic mass is 9.75. The van der Waals surface area contributed by atoms with Crippen LogP contribution < -0.4 is 10.6 Å². The van der Waals surface area contributed by atoms with Gasteiger partial charge in [0.1, 0.15) is 12.8 Å². The molecule has 1 amide bonds. The molecule has 178 valence electrons. The van der Waals surface area contributed by atoms with E-state index < -0.39 is 31.2 Å². The number of aliphatic hydroxyl groups is 1. The van der Waals surface area contributed by atoms with Gasteiger partial charge in [0.15, 0.2) is 0 Å². The maximum Gasteiger partial charge on any atom is 0.315 e. The molecule has 2 atom stereocenters. The second kappa shape index (κ2) is 10.2. The summed E-state index contributed by atoms with van der Waals surface area (Å²) in [6, 6.07) is 9.23. The zero-order chi connectivity index (χ0) is 23.4. The summed E-state index contributed by atoms with van der Waals surface area (Å²) in [6.07, 6.45) is -0.398. The molecule has 3 N–H and O–H groups in total. The average molecular weight is 463 g/mol. The molecule has 6 nitrogen and oxygen atoms in total. The third kappa shape index (κ3) is 5.54. The van der Waals surface area contributed by atoms with Gasteiger partial charge in [-0.05, 0) is 36.6 Å². The van der Waals surface area contributed by atoms with E-state index in [2.05, 4.69) is 15.2 Å². The number of rotatable bonds is 8. The third-order valence-electron chi connectivity index (χ3n) is 6.61. The molecule has 2 fully saturated rings. The lowest BCUT2D eigenvalue weighted by Gasteiger charge is -2.49. The molecule has 2 aliphatic rings. The van der Waals surface area contributed by atoms with E-state index in [-0.39, 0.29) is 0 Å². The zero-order valence-corrected chi connectivity index (χ0v) is 18.3. The molecule has 2 aliphatic heterocycles. The van der Waals surface area contributed by atoms with Gasteiger partial charge < -0.3 is 15.7 Å². The lowest BCUT2D eigenvalue weighted by molar-refractivity contribution is -0.133. The molecule has 3 heterocycles. The van der Waals surface area contributed by atoms with E-state index in [1.807, 2.05) is 17.4 Å². The van der Waals surface area contributed by atoms with Gasteiger partial charge in [-0.3, -0.25) is 14.7 Å². The predicted octanol–water partition coefficient (Wildman–Crippen LogP) is 2.69. The molecular weight excluding hydrogens is 433 g/mol. The van der Waals surface area contributed by atoms with Crippen molar-refractivity contribution in [1.82, 2.24) is 20.5 Å². The molecule has 2 saturated heterocycles. The van der Waals surface area contributed by atoms with Crippen molar-refractivity contribution >= 4 is 5.91 Å². The molecule has 9 heteroatoms. The van der Waals surface area contributed by atoms with Crippen LogP contribution >= 0.6 is 0 Å². The van der Waals surface area contributed by atoms with Crippen LogP contribution in [0.4, 0.5) is 13.2 Å². The molecule has 0 unspecified atom stereocenters. The predicted molar refractivity (Wildman–Crippen MR) is 118 cm³/mol. The number of benzene rings is 1. The first-order valence-electron chi connectivity index (χ1n) is 11.2. The van der Waals surface area contributed by atoms with Crippen LogP contribution in [0.3, 0.4) is 0 Å². The minimum Gasteiger partial charge on any atom is -0.386 e. The van der Waals surface area contributed by atoms with E-state index >= 15 is 0 Å². The fraction of sp³-hybridized carbons (Fsp3) is 0.500. The average Bonchev–Trinajstić information content (AvgIpc) is 2.81. The number of nitrogens with one attached hydrogen (secondary N) is 2. The van der Waals surface area contributed by atoms with E-state index in [9.17, 15) is 23.1 Å². The number of piperidine rings is 1. The zero-order valence-electron chi connectivity index (χ0n) is 18.3. The lowest BCUT2D eigenvalue weighted by Crippen LogP contribution is -2.60. The Hall–Kier alpha value is -2.49. The van der Waals surface area contributed by atoms with Crippen molar-refractivity contribution in [3.8, 4) is 11.1 Å². The molecule has 1 aromatic carbocycles. The summed E-state index contributed by atoms with van der Waals surface area (Å²) < 4.78 is 38.0. The van der Waals surface area contributed by atoms with Crippen molar-refractivity contribution in [2.24, 2.45) is 5.41 Å². The smallest absolute Gasteiger partial charge is 0.315 e. The van der Waals surface area contributed by atoms with E-state index in [1.165, 1.54) is 12.8 Å². The van der Waals surface area contributed by atoms with Gasteiger partial charge in [0.25, 0.3) is 5.91 Å². The number of carbonyl (C=O) groups is 1. The first-order chi connectivity index (χ1) is 15.9. The van der Waals surface area contributed by atoms with Crippen molar-refractivity contribution < 1.29 is 23.1 Å². The van der Waals surface area contributed by atoms with Crippen molar-refractivity contribution in [3.05, 3.63) is 53.9 Å². The molecule has 4 rings (SSSR count). The first kappa shape index (κ1) is 23.7. The van der Waals surface area contributed by atoms with Crippen LogP contribution in [0.1, 0.15) is 30.2 Å². The first-order valence-corrected chi connectivity index (χ1v) is 11.2. The number of aliphatic hydroxyl groups excluding tert-OH is 1. The summed E-state index contributed by atoms with van der Waals surface area (Å²) in [4.78, 5) is 18.2.